The molecular weight excluding hydrogens is 224 g/mol. The smallest absolute Gasteiger partial charge is 0.410 e. The predicted molar refractivity (Wildman–Crippen MR) is 61.8 cm³/mol. The summed E-state index contributed by atoms with van der Waals surface area (Å²) in [6.07, 6.45) is -1.16. The summed E-state index contributed by atoms with van der Waals surface area (Å²) in [7, 11) is 0. The molecule has 17 heavy (non-hydrogen) atoms. The standard InChI is InChI=1S/C11H16N2O4/c1-11(2,16)7-17-6-8-4-3-5-9(12-8)13-10(14)15/h3-5,16H,6-7H2,1-2H3,(H,12,13)(H,14,15). The molecule has 1 rings (SSSR count). The van der Waals surface area contributed by atoms with Crippen LogP contribution in [-0.2, 0) is 11.3 Å². The summed E-state index contributed by atoms with van der Waals surface area (Å²) in [6, 6.07) is 4.95. The highest BCUT2D eigenvalue weighted by Crippen LogP contribution is 2.08. The maximum absolute atomic E-state index is 10.4. The van der Waals surface area contributed by atoms with Gasteiger partial charge in [0.1, 0.15) is 5.82 Å². The average Bonchev–Trinajstić information content (AvgIpc) is 2.15. The molecule has 1 aromatic heterocycles. The van der Waals surface area contributed by atoms with E-state index in [-0.39, 0.29) is 19.0 Å². The third kappa shape index (κ3) is 5.84. The molecule has 1 amide bonds. The predicted octanol–water partition coefficient (Wildman–Crippen LogP) is 1.46. The van der Waals surface area contributed by atoms with Crippen LogP contribution < -0.4 is 5.32 Å². The second-order valence-electron chi connectivity index (χ2n) is 4.25. The summed E-state index contributed by atoms with van der Waals surface area (Å²) in [6.45, 7) is 3.69. The number of amides is 1. The van der Waals surface area contributed by atoms with E-state index in [1.165, 1.54) is 0 Å². The van der Waals surface area contributed by atoms with Crippen LogP contribution in [0.4, 0.5) is 10.6 Å². The number of nitrogens with one attached hydrogen (secondary N) is 1. The van der Waals surface area contributed by atoms with Gasteiger partial charge in [0.15, 0.2) is 0 Å². The van der Waals surface area contributed by atoms with Crippen LogP contribution in [0.3, 0.4) is 0 Å². The first-order valence-corrected chi connectivity index (χ1v) is 5.13. The molecule has 0 aliphatic carbocycles. The second-order valence-corrected chi connectivity index (χ2v) is 4.25. The third-order valence-corrected chi connectivity index (χ3v) is 1.75. The van der Waals surface area contributed by atoms with E-state index in [0.717, 1.165) is 0 Å². The number of ether oxygens (including phenoxy) is 1. The quantitative estimate of drug-likeness (QED) is 0.724. The van der Waals surface area contributed by atoms with Gasteiger partial charge in [-0.1, -0.05) is 6.07 Å². The number of aliphatic hydroxyl groups is 1. The lowest BCUT2D eigenvalue weighted by molar-refractivity contribution is -0.0276. The second kappa shape index (κ2) is 5.60. The summed E-state index contributed by atoms with van der Waals surface area (Å²) in [5.41, 5.74) is -0.294. The first kappa shape index (κ1) is 13.4. The van der Waals surface area contributed by atoms with E-state index in [1.807, 2.05) is 0 Å². The van der Waals surface area contributed by atoms with Gasteiger partial charge in [-0.2, -0.15) is 0 Å². The minimum atomic E-state index is -1.16. The van der Waals surface area contributed by atoms with Gasteiger partial charge in [0.05, 0.1) is 24.5 Å². The summed E-state index contributed by atoms with van der Waals surface area (Å²) in [5.74, 6) is 0.252. The van der Waals surface area contributed by atoms with Crippen molar-refractivity contribution in [3.05, 3.63) is 23.9 Å². The van der Waals surface area contributed by atoms with Crippen molar-refractivity contribution in [2.45, 2.75) is 26.1 Å². The Kier molecular flexibility index (Phi) is 4.42. The molecule has 0 atom stereocenters. The molecule has 0 aliphatic rings. The van der Waals surface area contributed by atoms with Crippen LogP contribution in [0.15, 0.2) is 18.2 Å². The Morgan fingerprint density at radius 2 is 2.24 bits per heavy atom. The van der Waals surface area contributed by atoms with Crippen molar-refractivity contribution in [1.82, 2.24) is 4.98 Å². The Labute approximate surface area is 99.3 Å². The van der Waals surface area contributed by atoms with E-state index in [1.54, 1.807) is 32.0 Å². The first-order valence-electron chi connectivity index (χ1n) is 5.13. The zero-order chi connectivity index (χ0) is 12.9. The van der Waals surface area contributed by atoms with Crippen molar-refractivity contribution < 1.29 is 19.7 Å². The lowest BCUT2D eigenvalue weighted by Crippen LogP contribution is -2.26. The van der Waals surface area contributed by atoms with Gasteiger partial charge in [-0.3, -0.25) is 5.32 Å². The number of pyridine rings is 1. The Balaban J connectivity index is 2.51. The van der Waals surface area contributed by atoms with Gasteiger partial charge in [0.2, 0.25) is 0 Å². The van der Waals surface area contributed by atoms with E-state index in [4.69, 9.17) is 9.84 Å². The largest absolute Gasteiger partial charge is 0.465 e. The van der Waals surface area contributed by atoms with E-state index in [9.17, 15) is 9.90 Å². The van der Waals surface area contributed by atoms with E-state index < -0.39 is 11.7 Å². The Morgan fingerprint density at radius 3 is 2.82 bits per heavy atom. The number of nitrogens with zero attached hydrogens (tertiary/aromatic N) is 1. The number of rotatable bonds is 5. The number of hydrogen-bond acceptors (Lipinski definition) is 4. The zero-order valence-corrected chi connectivity index (χ0v) is 9.80. The van der Waals surface area contributed by atoms with Crippen LogP contribution in [0.1, 0.15) is 19.5 Å². The lowest BCUT2D eigenvalue weighted by Gasteiger charge is -2.16. The van der Waals surface area contributed by atoms with Crippen molar-refractivity contribution in [2.24, 2.45) is 0 Å². The molecule has 0 fully saturated rings. The number of carbonyl (C=O) groups is 1. The van der Waals surface area contributed by atoms with Crippen molar-refractivity contribution in [2.75, 3.05) is 11.9 Å². The van der Waals surface area contributed by atoms with Crippen LogP contribution in [0.5, 0.6) is 0 Å². The van der Waals surface area contributed by atoms with Gasteiger partial charge >= 0.3 is 6.09 Å². The van der Waals surface area contributed by atoms with Crippen LogP contribution in [-0.4, -0.2) is 33.5 Å². The van der Waals surface area contributed by atoms with Gasteiger partial charge in [0, 0.05) is 0 Å². The Bertz CT molecular complexity index is 387. The molecule has 0 saturated carbocycles. The fourth-order valence-corrected chi connectivity index (χ4v) is 1.14. The van der Waals surface area contributed by atoms with E-state index in [2.05, 4.69) is 10.3 Å². The fourth-order valence-electron chi connectivity index (χ4n) is 1.14. The molecule has 6 nitrogen and oxygen atoms in total. The van der Waals surface area contributed by atoms with Crippen LogP contribution in [0, 0.1) is 0 Å². The highest BCUT2D eigenvalue weighted by atomic mass is 16.5. The summed E-state index contributed by atoms with van der Waals surface area (Å²) < 4.78 is 5.26. The molecule has 1 heterocycles. The summed E-state index contributed by atoms with van der Waals surface area (Å²) >= 11 is 0. The van der Waals surface area contributed by atoms with Crippen molar-refractivity contribution in [1.29, 1.82) is 0 Å². The normalized spacial score (nSPS) is 11.2. The lowest BCUT2D eigenvalue weighted by atomic mass is 10.2. The highest BCUT2D eigenvalue weighted by Gasteiger charge is 2.12. The van der Waals surface area contributed by atoms with Gasteiger partial charge < -0.3 is 14.9 Å². The average molecular weight is 240 g/mol. The van der Waals surface area contributed by atoms with Gasteiger partial charge in [-0.05, 0) is 26.0 Å². The maximum atomic E-state index is 10.4. The molecule has 0 unspecified atom stereocenters. The van der Waals surface area contributed by atoms with Crippen molar-refractivity contribution >= 4 is 11.9 Å². The van der Waals surface area contributed by atoms with Gasteiger partial charge in [-0.15, -0.1) is 0 Å². The third-order valence-electron chi connectivity index (χ3n) is 1.75. The SMILES string of the molecule is CC(C)(O)COCc1cccc(NC(=O)O)n1. The Morgan fingerprint density at radius 1 is 1.53 bits per heavy atom. The first-order chi connectivity index (χ1) is 7.87. The maximum Gasteiger partial charge on any atom is 0.410 e. The number of anilines is 1. The summed E-state index contributed by atoms with van der Waals surface area (Å²) in [5, 5.41) is 20.1. The number of carboxylic acid groups (broad SMARTS) is 1. The molecule has 94 valence electrons. The molecule has 0 aromatic carbocycles. The molecule has 3 N–H and O–H groups in total. The summed E-state index contributed by atoms with van der Waals surface area (Å²) in [4.78, 5) is 14.4. The Hall–Kier alpha value is -1.66. The van der Waals surface area contributed by atoms with Crippen molar-refractivity contribution in [3.8, 4) is 0 Å². The van der Waals surface area contributed by atoms with Gasteiger partial charge in [0.25, 0.3) is 0 Å². The van der Waals surface area contributed by atoms with Crippen LogP contribution >= 0.6 is 0 Å². The zero-order valence-electron chi connectivity index (χ0n) is 9.80. The monoisotopic (exact) mass is 240 g/mol. The topological polar surface area (TPSA) is 91.7 Å². The number of aromatic nitrogens is 1. The van der Waals surface area contributed by atoms with Crippen LogP contribution in [0.25, 0.3) is 0 Å². The molecule has 6 heteroatoms. The number of hydrogen-bond donors (Lipinski definition) is 3. The molecule has 1 aromatic rings. The molecule has 0 aliphatic heterocycles. The molecule has 0 bridgehead atoms. The molecular formula is C11H16N2O4. The minimum absolute atomic E-state index is 0.186. The van der Waals surface area contributed by atoms with Gasteiger partial charge in [-0.25, -0.2) is 9.78 Å². The molecule has 0 radical (unpaired) electrons. The van der Waals surface area contributed by atoms with Crippen molar-refractivity contribution in [3.63, 3.8) is 0 Å². The molecule has 0 saturated heterocycles. The van der Waals surface area contributed by atoms with E-state index in [0.29, 0.717) is 5.69 Å². The minimum Gasteiger partial charge on any atom is -0.465 e. The molecule has 0 spiro atoms. The van der Waals surface area contributed by atoms with E-state index >= 15 is 0 Å². The highest BCUT2D eigenvalue weighted by molar-refractivity contribution is 5.81. The van der Waals surface area contributed by atoms with Crippen LogP contribution in [0.2, 0.25) is 0 Å². The fraction of sp³-hybridized carbons (Fsp3) is 0.455.